The fourth-order valence-corrected chi connectivity index (χ4v) is 3.88. The van der Waals surface area contributed by atoms with Crippen molar-refractivity contribution in [2.75, 3.05) is 11.4 Å². The van der Waals surface area contributed by atoms with Gasteiger partial charge < -0.3 is 10.2 Å². The van der Waals surface area contributed by atoms with Crippen molar-refractivity contribution in [2.45, 2.75) is 70.5 Å². The maximum Gasteiger partial charge on any atom is 0.0380 e. The molecule has 0 spiro atoms. The summed E-state index contributed by atoms with van der Waals surface area (Å²) in [6.45, 7) is 4.51. The smallest absolute Gasteiger partial charge is 0.0380 e. The molecule has 1 aromatic carbocycles. The molecule has 0 aromatic heterocycles. The molecule has 21 heavy (non-hydrogen) atoms. The summed E-state index contributed by atoms with van der Waals surface area (Å²) in [6.07, 6.45) is 9.39. The number of anilines is 1. The second-order valence-electron chi connectivity index (χ2n) is 6.56. The standard InChI is InChI=1S/C18H27BrN2/c1-2-5-16-6-3-4-11-21(16)17-10-7-14(18(19)12-17)13-20-15-8-9-15/h7,10,12,15-16,20H,2-6,8-9,11,13H2,1H3. The molecule has 1 unspecified atom stereocenters. The molecule has 116 valence electrons. The van der Waals surface area contributed by atoms with E-state index >= 15 is 0 Å². The van der Waals surface area contributed by atoms with E-state index in [-0.39, 0.29) is 0 Å². The van der Waals surface area contributed by atoms with Crippen LogP contribution in [0, 0.1) is 0 Å². The molecule has 2 aliphatic rings. The van der Waals surface area contributed by atoms with Gasteiger partial charge >= 0.3 is 0 Å². The second kappa shape index (κ2) is 7.15. The molecule has 2 fully saturated rings. The van der Waals surface area contributed by atoms with Crippen molar-refractivity contribution in [3.63, 3.8) is 0 Å². The lowest BCUT2D eigenvalue weighted by molar-refractivity contribution is 0.434. The number of nitrogens with one attached hydrogen (secondary N) is 1. The summed E-state index contributed by atoms with van der Waals surface area (Å²) in [5.41, 5.74) is 2.78. The number of rotatable bonds is 6. The summed E-state index contributed by atoms with van der Waals surface area (Å²) in [7, 11) is 0. The average molecular weight is 351 g/mol. The summed E-state index contributed by atoms with van der Waals surface area (Å²) in [4.78, 5) is 2.63. The molecule has 0 bridgehead atoms. The van der Waals surface area contributed by atoms with Crippen LogP contribution in [0.25, 0.3) is 0 Å². The molecule has 1 atom stereocenters. The average Bonchev–Trinajstić information content (AvgIpc) is 3.31. The van der Waals surface area contributed by atoms with Crippen molar-refractivity contribution in [1.82, 2.24) is 5.32 Å². The first-order valence-electron chi connectivity index (χ1n) is 8.56. The highest BCUT2D eigenvalue weighted by Gasteiger charge is 2.23. The lowest BCUT2D eigenvalue weighted by Gasteiger charge is -2.38. The first kappa shape index (κ1) is 15.4. The highest BCUT2D eigenvalue weighted by Crippen LogP contribution is 2.31. The van der Waals surface area contributed by atoms with Crippen molar-refractivity contribution >= 4 is 21.6 Å². The van der Waals surface area contributed by atoms with Crippen LogP contribution < -0.4 is 10.2 Å². The summed E-state index contributed by atoms with van der Waals surface area (Å²) < 4.78 is 1.26. The Kier molecular flexibility index (Phi) is 5.23. The van der Waals surface area contributed by atoms with Gasteiger partial charge in [0.25, 0.3) is 0 Å². The van der Waals surface area contributed by atoms with Gasteiger partial charge in [-0.2, -0.15) is 0 Å². The van der Waals surface area contributed by atoms with Gasteiger partial charge in [-0.05, 0) is 56.2 Å². The molecule has 3 rings (SSSR count). The van der Waals surface area contributed by atoms with Gasteiger partial charge in [0.05, 0.1) is 0 Å². The monoisotopic (exact) mass is 350 g/mol. The van der Waals surface area contributed by atoms with Crippen LogP contribution in [-0.4, -0.2) is 18.6 Å². The Morgan fingerprint density at radius 2 is 2.10 bits per heavy atom. The highest BCUT2D eigenvalue weighted by atomic mass is 79.9. The third-order valence-corrected chi connectivity index (χ3v) is 5.51. The highest BCUT2D eigenvalue weighted by molar-refractivity contribution is 9.10. The van der Waals surface area contributed by atoms with E-state index in [0.29, 0.717) is 0 Å². The summed E-state index contributed by atoms with van der Waals surface area (Å²) in [5, 5.41) is 3.60. The maximum atomic E-state index is 3.78. The Morgan fingerprint density at radius 3 is 2.81 bits per heavy atom. The zero-order valence-corrected chi connectivity index (χ0v) is 14.7. The second-order valence-corrected chi connectivity index (χ2v) is 7.42. The fourth-order valence-electron chi connectivity index (χ4n) is 3.37. The van der Waals surface area contributed by atoms with Crippen molar-refractivity contribution in [1.29, 1.82) is 0 Å². The van der Waals surface area contributed by atoms with Crippen LogP contribution in [0.4, 0.5) is 5.69 Å². The van der Waals surface area contributed by atoms with E-state index in [1.54, 1.807) is 0 Å². The van der Waals surface area contributed by atoms with Gasteiger partial charge in [0.15, 0.2) is 0 Å². The van der Waals surface area contributed by atoms with Gasteiger partial charge in [-0.3, -0.25) is 0 Å². The van der Waals surface area contributed by atoms with Crippen LogP contribution in [0.1, 0.15) is 57.4 Å². The number of hydrogen-bond acceptors (Lipinski definition) is 2. The predicted octanol–water partition coefficient (Wildman–Crippen LogP) is 4.86. The van der Waals surface area contributed by atoms with Crippen LogP contribution in [-0.2, 0) is 6.54 Å². The minimum Gasteiger partial charge on any atom is -0.369 e. The predicted molar refractivity (Wildman–Crippen MR) is 93.9 cm³/mol. The molecular formula is C18H27BrN2. The molecular weight excluding hydrogens is 324 g/mol. The maximum absolute atomic E-state index is 3.78. The van der Waals surface area contributed by atoms with Gasteiger partial charge in [0.2, 0.25) is 0 Å². The van der Waals surface area contributed by atoms with Crippen LogP contribution >= 0.6 is 15.9 Å². The summed E-state index contributed by atoms with van der Waals surface area (Å²) >= 11 is 3.78. The Balaban J connectivity index is 1.69. The zero-order chi connectivity index (χ0) is 14.7. The Bertz CT molecular complexity index is 468. The lowest BCUT2D eigenvalue weighted by Crippen LogP contribution is -2.39. The number of nitrogens with zero attached hydrogens (tertiary/aromatic N) is 1. The third kappa shape index (κ3) is 4.01. The van der Waals surface area contributed by atoms with Crippen molar-refractivity contribution in [2.24, 2.45) is 0 Å². The summed E-state index contributed by atoms with van der Waals surface area (Å²) in [5.74, 6) is 0. The molecule has 0 amide bonds. The van der Waals surface area contributed by atoms with E-state index in [9.17, 15) is 0 Å². The van der Waals surface area contributed by atoms with E-state index in [1.807, 2.05) is 0 Å². The first-order valence-corrected chi connectivity index (χ1v) is 9.35. The normalized spacial score (nSPS) is 22.6. The number of hydrogen-bond donors (Lipinski definition) is 1. The van der Waals surface area contributed by atoms with E-state index < -0.39 is 0 Å². The first-order chi connectivity index (χ1) is 10.3. The van der Waals surface area contributed by atoms with Crippen molar-refractivity contribution < 1.29 is 0 Å². The van der Waals surface area contributed by atoms with E-state index in [0.717, 1.165) is 18.6 Å². The van der Waals surface area contributed by atoms with Crippen LogP contribution in [0.5, 0.6) is 0 Å². The molecule has 1 saturated heterocycles. The van der Waals surface area contributed by atoms with Crippen molar-refractivity contribution in [3.05, 3.63) is 28.2 Å². The molecule has 1 aliphatic heterocycles. The van der Waals surface area contributed by atoms with Crippen LogP contribution in [0.3, 0.4) is 0 Å². The molecule has 1 aromatic rings. The molecule has 1 saturated carbocycles. The molecule has 1 N–H and O–H groups in total. The Morgan fingerprint density at radius 1 is 1.24 bits per heavy atom. The molecule has 2 nitrogen and oxygen atoms in total. The number of halogens is 1. The number of piperidine rings is 1. The van der Waals surface area contributed by atoms with Gasteiger partial charge in [-0.15, -0.1) is 0 Å². The van der Waals surface area contributed by atoms with Gasteiger partial charge in [-0.25, -0.2) is 0 Å². The molecule has 1 heterocycles. The van der Waals surface area contributed by atoms with Gasteiger partial charge in [0.1, 0.15) is 0 Å². The van der Waals surface area contributed by atoms with Crippen molar-refractivity contribution in [3.8, 4) is 0 Å². The van der Waals surface area contributed by atoms with E-state index in [4.69, 9.17) is 0 Å². The van der Waals surface area contributed by atoms with E-state index in [2.05, 4.69) is 51.3 Å². The SMILES string of the molecule is CCCC1CCCCN1c1ccc(CNC2CC2)c(Br)c1. The Hall–Kier alpha value is -0.540. The topological polar surface area (TPSA) is 15.3 Å². The molecule has 0 radical (unpaired) electrons. The van der Waals surface area contributed by atoms with Gasteiger partial charge in [0, 0.05) is 35.3 Å². The minimum atomic E-state index is 0.742. The fraction of sp³-hybridized carbons (Fsp3) is 0.667. The third-order valence-electron chi connectivity index (χ3n) is 4.78. The van der Waals surface area contributed by atoms with Crippen LogP contribution in [0.2, 0.25) is 0 Å². The Labute approximate surface area is 137 Å². The van der Waals surface area contributed by atoms with Crippen LogP contribution in [0.15, 0.2) is 22.7 Å². The van der Waals surface area contributed by atoms with Gasteiger partial charge in [-0.1, -0.05) is 35.3 Å². The van der Waals surface area contributed by atoms with E-state index in [1.165, 1.54) is 67.2 Å². The zero-order valence-electron chi connectivity index (χ0n) is 13.1. The minimum absolute atomic E-state index is 0.742. The molecule has 1 aliphatic carbocycles. The summed E-state index contributed by atoms with van der Waals surface area (Å²) in [6, 6.07) is 8.46. The number of benzene rings is 1. The largest absolute Gasteiger partial charge is 0.369 e. The lowest BCUT2D eigenvalue weighted by atomic mass is 9.97. The molecule has 3 heteroatoms. The quantitative estimate of drug-likeness (QED) is 0.787.